The van der Waals surface area contributed by atoms with E-state index >= 15 is 0 Å². The van der Waals surface area contributed by atoms with E-state index in [0.29, 0.717) is 26.2 Å². The number of morpholine rings is 1. The molecule has 2 rings (SSSR count). The van der Waals surface area contributed by atoms with E-state index in [4.69, 9.17) is 9.47 Å². The molecule has 6 heteroatoms. The van der Waals surface area contributed by atoms with Gasteiger partial charge in [0.2, 0.25) is 5.91 Å². The quantitative estimate of drug-likeness (QED) is 0.864. The van der Waals surface area contributed by atoms with Crippen molar-refractivity contribution in [1.82, 2.24) is 10.2 Å². The van der Waals surface area contributed by atoms with Gasteiger partial charge >= 0.3 is 6.09 Å². The van der Waals surface area contributed by atoms with Crippen molar-refractivity contribution >= 4 is 12.0 Å². The number of carbonyl (C=O) groups is 2. The fourth-order valence-corrected chi connectivity index (χ4v) is 1.85. The summed E-state index contributed by atoms with van der Waals surface area (Å²) in [5, 5.41) is 2.62. The standard InChI is InChI=1S/C14H18N2O4/c17-13-11-19-9-8-16(13)7-6-15-14(18)20-10-12-4-2-1-3-5-12/h1-5H,6-11H2,(H,15,18). The van der Waals surface area contributed by atoms with Gasteiger partial charge in [-0.05, 0) is 5.56 Å². The lowest BCUT2D eigenvalue weighted by molar-refractivity contribution is -0.142. The van der Waals surface area contributed by atoms with E-state index in [0.717, 1.165) is 5.56 Å². The third-order valence-corrected chi connectivity index (χ3v) is 2.95. The van der Waals surface area contributed by atoms with Crippen LogP contribution in [0.1, 0.15) is 5.56 Å². The van der Waals surface area contributed by atoms with E-state index in [1.165, 1.54) is 0 Å². The predicted molar refractivity (Wildman–Crippen MR) is 72.0 cm³/mol. The highest BCUT2D eigenvalue weighted by atomic mass is 16.5. The summed E-state index contributed by atoms with van der Waals surface area (Å²) in [6.07, 6.45) is -0.477. The van der Waals surface area contributed by atoms with Crippen LogP contribution in [0.15, 0.2) is 30.3 Å². The SMILES string of the molecule is O=C(NCCN1CCOCC1=O)OCc1ccccc1. The van der Waals surface area contributed by atoms with Crippen LogP contribution in [0, 0.1) is 0 Å². The minimum atomic E-state index is -0.477. The molecule has 6 nitrogen and oxygen atoms in total. The maximum Gasteiger partial charge on any atom is 0.407 e. The van der Waals surface area contributed by atoms with Gasteiger partial charge in [0.1, 0.15) is 13.2 Å². The van der Waals surface area contributed by atoms with Gasteiger partial charge in [0.25, 0.3) is 0 Å². The van der Waals surface area contributed by atoms with Crippen molar-refractivity contribution in [2.24, 2.45) is 0 Å². The smallest absolute Gasteiger partial charge is 0.407 e. The molecule has 1 aliphatic rings. The van der Waals surface area contributed by atoms with Crippen molar-refractivity contribution < 1.29 is 19.1 Å². The molecule has 1 aromatic rings. The van der Waals surface area contributed by atoms with Gasteiger partial charge in [-0.3, -0.25) is 4.79 Å². The van der Waals surface area contributed by atoms with Crippen LogP contribution >= 0.6 is 0 Å². The molecule has 1 aromatic carbocycles. The second-order valence-electron chi connectivity index (χ2n) is 4.42. The molecule has 0 saturated carbocycles. The average molecular weight is 278 g/mol. The zero-order valence-corrected chi connectivity index (χ0v) is 11.2. The molecule has 0 aliphatic carbocycles. The monoisotopic (exact) mass is 278 g/mol. The van der Waals surface area contributed by atoms with Crippen LogP contribution in [-0.4, -0.2) is 49.7 Å². The summed E-state index contributed by atoms with van der Waals surface area (Å²) in [6, 6.07) is 9.46. The first-order valence-corrected chi connectivity index (χ1v) is 6.56. The van der Waals surface area contributed by atoms with E-state index in [-0.39, 0.29) is 19.1 Å². The number of carbonyl (C=O) groups excluding carboxylic acids is 2. The zero-order valence-electron chi connectivity index (χ0n) is 11.2. The van der Waals surface area contributed by atoms with Crippen LogP contribution in [0.2, 0.25) is 0 Å². The number of nitrogens with zero attached hydrogens (tertiary/aromatic N) is 1. The summed E-state index contributed by atoms with van der Waals surface area (Å²) in [6.45, 7) is 2.33. The molecule has 1 N–H and O–H groups in total. The van der Waals surface area contributed by atoms with Gasteiger partial charge in [-0.15, -0.1) is 0 Å². The number of alkyl carbamates (subject to hydrolysis) is 1. The van der Waals surface area contributed by atoms with Crippen molar-refractivity contribution in [3.05, 3.63) is 35.9 Å². The number of rotatable bonds is 5. The molecule has 0 bridgehead atoms. The molecule has 1 fully saturated rings. The Bertz CT molecular complexity index is 450. The highest BCUT2D eigenvalue weighted by Gasteiger charge is 2.17. The average Bonchev–Trinajstić information content (AvgIpc) is 2.48. The summed E-state index contributed by atoms with van der Waals surface area (Å²) < 4.78 is 10.1. The van der Waals surface area contributed by atoms with Crippen LogP contribution in [0.25, 0.3) is 0 Å². The van der Waals surface area contributed by atoms with Crippen molar-refractivity contribution in [2.75, 3.05) is 32.8 Å². The Labute approximate surface area is 117 Å². The molecule has 0 spiro atoms. The molecule has 2 amide bonds. The first kappa shape index (κ1) is 14.3. The Hall–Kier alpha value is -2.08. The fraction of sp³-hybridized carbons (Fsp3) is 0.429. The van der Waals surface area contributed by atoms with Gasteiger partial charge in [0, 0.05) is 19.6 Å². The highest BCUT2D eigenvalue weighted by molar-refractivity contribution is 5.78. The van der Waals surface area contributed by atoms with Gasteiger partial charge in [-0.1, -0.05) is 30.3 Å². The van der Waals surface area contributed by atoms with Crippen LogP contribution in [-0.2, 0) is 20.9 Å². The van der Waals surface area contributed by atoms with Crippen molar-refractivity contribution in [2.45, 2.75) is 6.61 Å². The van der Waals surface area contributed by atoms with E-state index in [1.807, 2.05) is 30.3 Å². The molecule has 1 aliphatic heterocycles. The van der Waals surface area contributed by atoms with Crippen LogP contribution < -0.4 is 5.32 Å². The summed E-state index contributed by atoms with van der Waals surface area (Å²) in [7, 11) is 0. The number of hydrogen-bond acceptors (Lipinski definition) is 4. The number of hydrogen-bond donors (Lipinski definition) is 1. The Morgan fingerprint density at radius 1 is 1.35 bits per heavy atom. The van der Waals surface area contributed by atoms with Gasteiger partial charge in [-0.25, -0.2) is 4.79 Å². The Morgan fingerprint density at radius 2 is 2.15 bits per heavy atom. The summed E-state index contributed by atoms with van der Waals surface area (Å²) in [4.78, 5) is 24.6. The van der Waals surface area contributed by atoms with Gasteiger partial charge < -0.3 is 19.7 Å². The maximum absolute atomic E-state index is 11.5. The molecule has 1 heterocycles. The second kappa shape index (κ2) is 7.49. The lowest BCUT2D eigenvalue weighted by Gasteiger charge is -2.26. The second-order valence-corrected chi connectivity index (χ2v) is 4.42. The Balaban J connectivity index is 1.61. The minimum absolute atomic E-state index is 0.0456. The maximum atomic E-state index is 11.5. The highest BCUT2D eigenvalue weighted by Crippen LogP contribution is 2.00. The molecule has 20 heavy (non-hydrogen) atoms. The number of ether oxygens (including phenoxy) is 2. The summed E-state index contributed by atoms with van der Waals surface area (Å²) in [5.41, 5.74) is 0.936. The molecule has 1 saturated heterocycles. The van der Waals surface area contributed by atoms with Gasteiger partial charge in [0.05, 0.1) is 6.61 Å². The lowest BCUT2D eigenvalue weighted by Crippen LogP contribution is -2.45. The zero-order chi connectivity index (χ0) is 14.2. The predicted octanol–water partition coefficient (Wildman–Crippen LogP) is 0.772. The number of amides is 2. The van der Waals surface area contributed by atoms with Gasteiger partial charge in [-0.2, -0.15) is 0 Å². The first-order valence-electron chi connectivity index (χ1n) is 6.56. The van der Waals surface area contributed by atoms with Gasteiger partial charge in [0.15, 0.2) is 0 Å². The molecular weight excluding hydrogens is 260 g/mol. The van der Waals surface area contributed by atoms with Crippen LogP contribution in [0.3, 0.4) is 0 Å². The molecule has 0 atom stereocenters. The molecule has 108 valence electrons. The van der Waals surface area contributed by atoms with E-state index in [9.17, 15) is 9.59 Å². The summed E-state index contributed by atoms with van der Waals surface area (Å²) >= 11 is 0. The van der Waals surface area contributed by atoms with Crippen molar-refractivity contribution in [3.63, 3.8) is 0 Å². The molecule has 0 aromatic heterocycles. The minimum Gasteiger partial charge on any atom is -0.445 e. The topological polar surface area (TPSA) is 67.9 Å². The van der Waals surface area contributed by atoms with Crippen LogP contribution in [0.4, 0.5) is 4.79 Å². The third kappa shape index (κ3) is 4.55. The number of nitrogens with one attached hydrogen (secondary N) is 1. The third-order valence-electron chi connectivity index (χ3n) is 2.95. The van der Waals surface area contributed by atoms with Crippen molar-refractivity contribution in [1.29, 1.82) is 0 Å². The van der Waals surface area contributed by atoms with Crippen LogP contribution in [0.5, 0.6) is 0 Å². The van der Waals surface area contributed by atoms with E-state index in [2.05, 4.69) is 5.32 Å². The van der Waals surface area contributed by atoms with Crippen molar-refractivity contribution in [3.8, 4) is 0 Å². The Kier molecular flexibility index (Phi) is 5.37. The lowest BCUT2D eigenvalue weighted by atomic mass is 10.2. The molecule has 0 unspecified atom stereocenters. The van der Waals surface area contributed by atoms with E-state index < -0.39 is 6.09 Å². The molecular formula is C14H18N2O4. The fourth-order valence-electron chi connectivity index (χ4n) is 1.85. The first-order chi connectivity index (χ1) is 9.75. The van der Waals surface area contributed by atoms with E-state index in [1.54, 1.807) is 4.90 Å². The normalized spacial score (nSPS) is 15.0. The summed E-state index contributed by atoms with van der Waals surface area (Å²) in [5.74, 6) is -0.0456. The number of benzene rings is 1. The largest absolute Gasteiger partial charge is 0.445 e. The Morgan fingerprint density at radius 3 is 2.90 bits per heavy atom. The molecule has 0 radical (unpaired) electrons.